The van der Waals surface area contributed by atoms with Gasteiger partial charge in [0, 0.05) is 38.5 Å². The number of ether oxygens (including phenoxy) is 2. The van der Waals surface area contributed by atoms with Crippen LogP contribution < -0.4 is 19.7 Å². The summed E-state index contributed by atoms with van der Waals surface area (Å²) in [7, 11) is 0. The van der Waals surface area contributed by atoms with E-state index in [0.29, 0.717) is 32.7 Å². The topological polar surface area (TPSA) is 85.7 Å². The monoisotopic (exact) mass is 428 g/mol. The summed E-state index contributed by atoms with van der Waals surface area (Å²) in [4.78, 5) is 26.6. The molecule has 0 fully saturated rings. The second kappa shape index (κ2) is 10.8. The van der Waals surface area contributed by atoms with Gasteiger partial charge in [-0.05, 0) is 51.3 Å². The summed E-state index contributed by atoms with van der Waals surface area (Å²) in [5, 5.41) is 7.31. The van der Waals surface area contributed by atoms with Gasteiger partial charge in [-0.3, -0.25) is 14.5 Å². The third kappa shape index (κ3) is 5.99. The van der Waals surface area contributed by atoms with E-state index in [-0.39, 0.29) is 24.7 Å². The predicted octanol–water partition coefficient (Wildman–Crippen LogP) is 2.86. The van der Waals surface area contributed by atoms with Crippen LogP contribution in [0, 0.1) is 6.92 Å². The van der Waals surface area contributed by atoms with Crippen molar-refractivity contribution >= 4 is 17.6 Å². The minimum absolute atomic E-state index is 0.0381. The van der Waals surface area contributed by atoms with Crippen molar-refractivity contribution in [3.63, 3.8) is 0 Å². The molecule has 1 aliphatic heterocycles. The van der Waals surface area contributed by atoms with Crippen LogP contribution in [-0.2, 0) is 22.6 Å². The third-order valence-corrected chi connectivity index (χ3v) is 5.12. The number of nitrogens with one attached hydrogen (secondary N) is 1. The van der Waals surface area contributed by atoms with E-state index in [9.17, 15) is 9.59 Å². The Kier molecular flexibility index (Phi) is 7.92. The van der Waals surface area contributed by atoms with Crippen LogP contribution >= 0.6 is 0 Å². The van der Waals surface area contributed by atoms with Gasteiger partial charge >= 0.3 is 0 Å². The Morgan fingerprint density at radius 1 is 1.06 bits per heavy atom. The highest BCUT2D eigenvalue weighted by atomic mass is 16.5. The number of anilines is 1. The van der Waals surface area contributed by atoms with Crippen molar-refractivity contribution in [1.29, 1.82) is 0 Å². The van der Waals surface area contributed by atoms with Gasteiger partial charge in [0.05, 0.1) is 18.9 Å². The number of carbonyl (C=O) groups excluding carboxylic acids is 2. The van der Waals surface area contributed by atoms with Crippen LogP contribution in [0.15, 0.2) is 24.3 Å². The fourth-order valence-corrected chi connectivity index (χ4v) is 3.70. The molecule has 2 heterocycles. The van der Waals surface area contributed by atoms with Gasteiger partial charge in [-0.25, -0.2) is 4.68 Å². The molecule has 0 spiro atoms. The Labute approximate surface area is 183 Å². The van der Waals surface area contributed by atoms with Crippen molar-refractivity contribution in [2.45, 2.75) is 53.0 Å². The van der Waals surface area contributed by atoms with Crippen LogP contribution in [-0.4, -0.2) is 47.9 Å². The highest BCUT2D eigenvalue weighted by Gasteiger charge is 2.24. The van der Waals surface area contributed by atoms with Gasteiger partial charge in [-0.1, -0.05) is 6.07 Å². The zero-order valence-corrected chi connectivity index (χ0v) is 18.6. The molecule has 0 aliphatic carbocycles. The highest BCUT2D eigenvalue weighted by Crippen LogP contribution is 2.28. The number of aryl methyl sites for hydroxylation is 2. The molecule has 31 heavy (non-hydrogen) atoms. The predicted molar refractivity (Wildman–Crippen MR) is 119 cm³/mol. The van der Waals surface area contributed by atoms with Crippen molar-refractivity contribution in [1.82, 2.24) is 15.1 Å². The maximum absolute atomic E-state index is 12.6. The second-order valence-corrected chi connectivity index (χ2v) is 7.51. The number of aromatic nitrogens is 2. The van der Waals surface area contributed by atoms with Crippen LogP contribution in [0.25, 0.3) is 0 Å². The van der Waals surface area contributed by atoms with E-state index in [1.807, 2.05) is 49.7 Å². The van der Waals surface area contributed by atoms with E-state index in [1.54, 1.807) is 4.90 Å². The molecule has 8 nitrogen and oxygen atoms in total. The minimum atomic E-state index is -0.119. The SMILES string of the molecule is CCOc1ccc(CCNC(=O)CCC(=O)N2CCCn3nc(C)cc32)cc1OCC. The van der Waals surface area contributed by atoms with Crippen molar-refractivity contribution < 1.29 is 19.1 Å². The number of carbonyl (C=O) groups is 2. The zero-order chi connectivity index (χ0) is 22.2. The Bertz CT molecular complexity index is 909. The molecular weight excluding hydrogens is 396 g/mol. The smallest absolute Gasteiger partial charge is 0.228 e. The summed E-state index contributed by atoms with van der Waals surface area (Å²) < 4.78 is 13.1. The lowest BCUT2D eigenvalue weighted by atomic mass is 10.1. The maximum Gasteiger partial charge on any atom is 0.228 e. The molecule has 2 aromatic rings. The fourth-order valence-electron chi connectivity index (χ4n) is 3.70. The Balaban J connectivity index is 1.45. The van der Waals surface area contributed by atoms with Gasteiger partial charge in [0.1, 0.15) is 5.82 Å². The molecule has 0 saturated carbocycles. The van der Waals surface area contributed by atoms with Gasteiger partial charge in [-0.15, -0.1) is 0 Å². The molecule has 1 N–H and O–H groups in total. The summed E-state index contributed by atoms with van der Waals surface area (Å²) in [5.41, 5.74) is 1.95. The Hall–Kier alpha value is -3.03. The van der Waals surface area contributed by atoms with E-state index < -0.39 is 0 Å². The standard InChI is InChI=1S/C23H32N4O4/c1-4-30-19-8-7-18(16-20(19)31-5-2)11-12-24-21(28)9-10-23(29)26-13-6-14-27-22(26)15-17(3)25-27/h7-8,15-16H,4-6,9-14H2,1-3H3,(H,24,28). The van der Waals surface area contributed by atoms with Crippen molar-refractivity contribution in [3.8, 4) is 11.5 Å². The molecule has 8 heteroatoms. The van der Waals surface area contributed by atoms with Gasteiger partial charge in [0.15, 0.2) is 11.5 Å². The van der Waals surface area contributed by atoms with E-state index in [0.717, 1.165) is 41.5 Å². The first-order valence-corrected chi connectivity index (χ1v) is 11.0. The molecule has 0 unspecified atom stereocenters. The summed E-state index contributed by atoms with van der Waals surface area (Å²) in [6.07, 6.45) is 1.91. The van der Waals surface area contributed by atoms with E-state index in [4.69, 9.17) is 9.47 Å². The average Bonchev–Trinajstić information content (AvgIpc) is 3.14. The molecule has 3 rings (SSSR count). The molecule has 1 aromatic carbocycles. The van der Waals surface area contributed by atoms with Crippen molar-refractivity contribution in [3.05, 3.63) is 35.5 Å². The number of fused-ring (bicyclic) bond motifs is 1. The largest absolute Gasteiger partial charge is 0.490 e. The van der Waals surface area contributed by atoms with Crippen molar-refractivity contribution in [2.75, 3.05) is 31.2 Å². The van der Waals surface area contributed by atoms with Gasteiger partial charge in [-0.2, -0.15) is 5.10 Å². The Morgan fingerprint density at radius 3 is 2.61 bits per heavy atom. The van der Waals surface area contributed by atoms with Gasteiger partial charge < -0.3 is 14.8 Å². The summed E-state index contributed by atoms with van der Waals surface area (Å²) in [6.45, 7) is 8.92. The highest BCUT2D eigenvalue weighted by molar-refractivity contribution is 5.95. The number of rotatable bonds is 10. The molecule has 2 amide bonds. The van der Waals surface area contributed by atoms with Crippen LogP contribution in [0.2, 0.25) is 0 Å². The lowest BCUT2D eigenvalue weighted by Crippen LogP contribution is -2.38. The zero-order valence-electron chi connectivity index (χ0n) is 18.6. The summed E-state index contributed by atoms with van der Waals surface area (Å²) in [5.74, 6) is 2.12. The van der Waals surface area contributed by atoms with Gasteiger partial charge in [0.25, 0.3) is 0 Å². The number of amides is 2. The molecule has 0 saturated heterocycles. The number of benzene rings is 1. The third-order valence-electron chi connectivity index (χ3n) is 5.12. The second-order valence-electron chi connectivity index (χ2n) is 7.51. The lowest BCUT2D eigenvalue weighted by Gasteiger charge is -2.27. The molecule has 0 bridgehead atoms. The molecule has 168 valence electrons. The summed E-state index contributed by atoms with van der Waals surface area (Å²) >= 11 is 0. The molecule has 0 atom stereocenters. The molecule has 1 aliphatic rings. The van der Waals surface area contributed by atoms with E-state index in [2.05, 4.69) is 10.4 Å². The van der Waals surface area contributed by atoms with Crippen molar-refractivity contribution in [2.24, 2.45) is 0 Å². The maximum atomic E-state index is 12.6. The molecule has 0 radical (unpaired) electrons. The lowest BCUT2D eigenvalue weighted by molar-refractivity contribution is -0.125. The first-order valence-electron chi connectivity index (χ1n) is 11.0. The summed E-state index contributed by atoms with van der Waals surface area (Å²) in [6, 6.07) is 7.75. The Morgan fingerprint density at radius 2 is 1.84 bits per heavy atom. The van der Waals surface area contributed by atoms with Crippen LogP contribution in [0.3, 0.4) is 0 Å². The van der Waals surface area contributed by atoms with E-state index >= 15 is 0 Å². The van der Waals surface area contributed by atoms with Crippen LogP contribution in [0.1, 0.15) is 44.4 Å². The van der Waals surface area contributed by atoms with Crippen LogP contribution in [0.5, 0.6) is 11.5 Å². The minimum Gasteiger partial charge on any atom is -0.490 e. The quantitative estimate of drug-likeness (QED) is 0.629. The van der Waals surface area contributed by atoms with Crippen LogP contribution in [0.4, 0.5) is 5.82 Å². The fraction of sp³-hybridized carbons (Fsp3) is 0.522. The number of hydrogen-bond acceptors (Lipinski definition) is 5. The normalized spacial score (nSPS) is 12.9. The average molecular weight is 429 g/mol. The molecule has 1 aromatic heterocycles. The molecular formula is C23H32N4O4. The van der Waals surface area contributed by atoms with Gasteiger partial charge in [0.2, 0.25) is 11.8 Å². The van der Waals surface area contributed by atoms with E-state index in [1.165, 1.54) is 0 Å². The first-order chi connectivity index (χ1) is 15.0. The first kappa shape index (κ1) is 22.7. The number of nitrogens with zero attached hydrogens (tertiary/aromatic N) is 3. The number of hydrogen-bond donors (Lipinski definition) is 1.